The van der Waals surface area contributed by atoms with Crippen LogP contribution in [0.2, 0.25) is 0 Å². The van der Waals surface area contributed by atoms with Crippen LogP contribution in [0.5, 0.6) is 0 Å². The number of ether oxygens (including phenoxy) is 1. The van der Waals surface area contributed by atoms with Crippen LogP contribution in [-0.4, -0.2) is 30.7 Å². The number of carbonyl (C=O) groups excluding carboxylic acids is 1. The maximum Gasteiger partial charge on any atom is 0.258 e. The van der Waals surface area contributed by atoms with Crippen LogP contribution in [0.4, 0.5) is 0 Å². The van der Waals surface area contributed by atoms with E-state index in [-0.39, 0.29) is 5.91 Å². The van der Waals surface area contributed by atoms with Gasteiger partial charge in [0.1, 0.15) is 0 Å². The molecule has 4 heteroatoms. The number of likely N-dealkylation sites (tertiary alicyclic amines) is 1. The lowest BCUT2D eigenvalue weighted by Crippen LogP contribution is -2.64. The van der Waals surface area contributed by atoms with E-state index in [4.69, 9.17) is 10.5 Å². The highest BCUT2D eigenvalue weighted by atomic mass is 16.5. The van der Waals surface area contributed by atoms with E-state index in [0.29, 0.717) is 11.3 Å². The number of carbonyl (C=O) groups is 1. The Hall–Kier alpha value is -1.03. The van der Waals surface area contributed by atoms with E-state index < -0.39 is 5.72 Å². The molecule has 1 heterocycles. The third kappa shape index (κ3) is 0.845. The summed E-state index contributed by atoms with van der Waals surface area (Å²) < 4.78 is 5.20. The molecule has 1 saturated heterocycles. The zero-order valence-corrected chi connectivity index (χ0v) is 7.84. The van der Waals surface area contributed by atoms with Gasteiger partial charge in [0.25, 0.3) is 5.91 Å². The van der Waals surface area contributed by atoms with Crippen LogP contribution in [0.15, 0.2) is 11.3 Å². The summed E-state index contributed by atoms with van der Waals surface area (Å²) in [6.45, 7) is 3.53. The quantitative estimate of drug-likeness (QED) is 0.447. The van der Waals surface area contributed by atoms with Crippen molar-refractivity contribution in [3.63, 3.8) is 0 Å². The SMILES string of the molecule is COC1(C)/C(=C(\C)N)C(=O)N1C. The van der Waals surface area contributed by atoms with E-state index in [9.17, 15) is 4.79 Å². The minimum Gasteiger partial charge on any atom is -0.402 e. The predicted octanol–water partition coefficient (Wildman–Crippen LogP) is 0.0537. The lowest BCUT2D eigenvalue weighted by molar-refractivity contribution is -0.172. The highest BCUT2D eigenvalue weighted by Gasteiger charge is 2.51. The van der Waals surface area contributed by atoms with E-state index in [2.05, 4.69) is 0 Å². The van der Waals surface area contributed by atoms with Crippen LogP contribution in [0.1, 0.15) is 13.8 Å². The number of rotatable bonds is 1. The Kier molecular flexibility index (Phi) is 1.88. The average molecular weight is 170 g/mol. The zero-order chi connectivity index (χ0) is 9.52. The summed E-state index contributed by atoms with van der Waals surface area (Å²) in [6, 6.07) is 0. The Morgan fingerprint density at radius 1 is 1.67 bits per heavy atom. The van der Waals surface area contributed by atoms with Gasteiger partial charge in [-0.2, -0.15) is 0 Å². The first-order valence-corrected chi connectivity index (χ1v) is 3.75. The minimum atomic E-state index is -0.629. The molecule has 1 amide bonds. The minimum absolute atomic E-state index is 0.0562. The third-order valence-corrected chi connectivity index (χ3v) is 2.41. The molecule has 4 nitrogen and oxygen atoms in total. The Bertz CT molecular complexity index is 256. The molecule has 0 saturated carbocycles. The lowest BCUT2D eigenvalue weighted by atomic mass is 9.90. The number of likely N-dealkylation sites (N-methyl/N-ethyl adjacent to an activating group) is 1. The highest BCUT2D eigenvalue weighted by molar-refractivity contribution is 6.03. The van der Waals surface area contributed by atoms with Crippen LogP contribution in [0, 0.1) is 0 Å². The molecule has 2 N–H and O–H groups in total. The number of β-lactam (4-membered cyclic amide) rings is 1. The fraction of sp³-hybridized carbons (Fsp3) is 0.625. The summed E-state index contributed by atoms with van der Waals surface area (Å²) in [7, 11) is 3.25. The number of allylic oxidation sites excluding steroid dienone is 1. The Balaban J connectivity index is 3.06. The molecule has 0 spiro atoms. The van der Waals surface area contributed by atoms with Gasteiger partial charge < -0.3 is 15.4 Å². The summed E-state index contributed by atoms with van der Waals surface area (Å²) in [5.41, 5.74) is 6.02. The molecule has 1 rings (SSSR count). The summed E-state index contributed by atoms with van der Waals surface area (Å²) >= 11 is 0. The second kappa shape index (κ2) is 2.48. The molecule has 12 heavy (non-hydrogen) atoms. The standard InChI is InChI=1S/C8H14N2O2/c1-5(9)6-7(11)10(3)8(6,2)12-4/h9H2,1-4H3/b6-5+. The van der Waals surface area contributed by atoms with Crippen molar-refractivity contribution in [1.82, 2.24) is 4.90 Å². The summed E-state index contributed by atoms with van der Waals surface area (Å²) in [4.78, 5) is 12.8. The molecule has 0 aromatic rings. The molecule has 1 atom stereocenters. The summed E-state index contributed by atoms with van der Waals surface area (Å²) in [6.07, 6.45) is 0. The fourth-order valence-corrected chi connectivity index (χ4v) is 1.45. The Labute approximate surface area is 72.0 Å². The van der Waals surface area contributed by atoms with E-state index in [1.807, 2.05) is 6.92 Å². The first kappa shape index (κ1) is 9.06. The number of amides is 1. The van der Waals surface area contributed by atoms with E-state index in [0.717, 1.165) is 0 Å². The van der Waals surface area contributed by atoms with Crippen molar-refractivity contribution in [3.05, 3.63) is 11.3 Å². The van der Waals surface area contributed by atoms with Gasteiger partial charge >= 0.3 is 0 Å². The molecule has 1 aliphatic heterocycles. The molecule has 0 aromatic carbocycles. The molecule has 68 valence electrons. The van der Waals surface area contributed by atoms with Crippen LogP contribution < -0.4 is 5.73 Å². The molecule has 1 unspecified atom stereocenters. The van der Waals surface area contributed by atoms with Crippen molar-refractivity contribution < 1.29 is 9.53 Å². The monoisotopic (exact) mass is 170 g/mol. The third-order valence-electron chi connectivity index (χ3n) is 2.41. The molecule has 1 aliphatic rings. The van der Waals surface area contributed by atoms with E-state index >= 15 is 0 Å². The van der Waals surface area contributed by atoms with Crippen molar-refractivity contribution >= 4 is 5.91 Å². The van der Waals surface area contributed by atoms with Crippen molar-refractivity contribution in [3.8, 4) is 0 Å². The topological polar surface area (TPSA) is 55.6 Å². The number of hydrogen-bond acceptors (Lipinski definition) is 3. The number of hydrogen-bond donors (Lipinski definition) is 1. The lowest BCUT2D eigenvalue weighted by Gasteiger charge is -2.48. The van der Waals surface area contributed by atoms with Gasteiger partial charge in [-0.05, 0) is 13.8 Å². The Morgan fingerprint density at radius 3 is 2.42 bits per heavy atom. The molecule has 0 aliphatic carbocycles. The highest BCUT2D eigenvalue weighted by Crippen LogP contribution is 2.36. The van der Waals surface area contributed by atoms with Crippen LogP contribution in [0.25, 0.3) is 0 Å². The molecule has 0 bridgehead atoms. The smallest absolute Gasteiger partial charge is 0.258 e. The number of nitrogens with two attached hydrogens (primary N) is 1. The Morgan fingerprint density at radius 2 is 2.17 bits per heavy atom. The van der Waals surface area contributed by atoms with Gasteiger partial charge in [-0.25, -0.2) is 0 Å². The van der Waals surface area contributed by atoms with Gasteiger partial charge in [-0.1, -0.05) is 0 Å². The van der Waals surface area contributed by atoms with E-state index in [1.54, 1.807) is 21.1 Å². The predicted molar refractivity (Wildman–Crippen MR) is 45.1 cm³/mol. The molecule has 0 aromatic heterocycles. The van der Waals surface area contributed by atoms with Crippen LogP contribution in [0.3, 0.4) is 0 Å². The summed E-state index contributed by atoms with van der Waals surface area (Å²) in [5.74, 6) is -0.0562. The van der Waals surface area contributed by atoms with Gasteiger partial charge in [-0.3, -0.25) is 4.79 Å². The average Bonchev–Trinajstić information content (AvgIpc) is 2.02. The maximum atomic E-state index is 11.3. The van der Waals surface area contributed by atoms with Gasteiger partial charge in [0.05, 0.1) is 5.57 Å². The van der Waals surface area contributed by atoms with Crippen LogP contribution in [-0.2, 0) is 9.53 Å². The number of methoxy groups -OCH3 is 1. The van der Waals surface area contributed by atoms with Gasteiger partial charge in [-0.15, -0.1) is 0 Å². The largest absolute Gasteiger partial charge is 0.402 e. The molecule has 1 fully saturated rings. The van der Waals surface area contributed by atoms with E-state index in [1.165, 1.54) is 4.90 Å². The first-order valence-electron chi connectivity index (χ1n) is 3.75. The summed E-state index contributed by atoms with van der Waals surface area (Å²) in [5, 5.41) is 0. The van der Waals surface area contributed by atoms with Crippen molar-refractivity contribution in [2.75, 3.05) is 14.2 Å². The number of nitrogens with zero attached hydrogens (tertiary/aromatic N) is 1. The molecular weight excluding hydrogens is 156 g/mol. The van der Waals surface area contributed by atoms with Crippen molar-refractivity contribution in [1.29, 1.82) is 0 Å². The van der Waals surface area contributed by atoms with Crippen LogP contribution >= 0.6 is 0 Å². The fourth-order valence-electron chi connectivity index (χ4n) is 1.45. The van der Waals surface area contributed by atoms with Gasteiger partial charge in [0.15, 0.2) is 5.72 Å². The van der Waals surface area contributed by atoms with Crippen molar-refractivity contribution in [2.24, 2.45) is 5.73 Å². The zero-order valence-electron chi connectivity index (χ0n) is 7.84. The van der Waals surface area contributed by atoms with Gasteiger partial charge in [0, 0.05) is 19.9 Å². The maximum absolute atomic E-state index is 11.3. The first-order chi connectivity index (χ1) is 5.45. The molecule has 0 radical (unpaired) electrons. The second-order valence-electron chi connectivity index (χ2n) is 3.11. The van der Waals surface area contributed by atoms with Gasteiger partial charge in [0.2, 0.25) is 0 Å². The van der Waals surface area contributed by atoms with Crippen molar-refractivity contribution in [2.45, 2.75) is 19.6 Å². The second-order valence-corrected chi connectivity index (χ2v) is 3.11. The normalized spacial score (nSPS) is 33.3. The molecular formula is C8H14N2O2.